The fourth-order valence-corrected chi connectivity index (χ4v) is 3.23. The van der Waals surface area contributed by atoms with Gasteiger partial charge in [-0.1, -0.05) is 42.5 Å². The maximum atomic E-state index is 13.4. The van der Waals surface area contributed by atoms with Crippen molar-refractivity contribution in [3.63, 3.8) is 0 Å². The lowest BCUT2D eigenvalue weighted by molar-refractivity contribution is -0.0935. The quantitative estimate of drug-likeness (QED) is 0.504. The Morgan fingerprint density at radius 2 is 1.86 bits per heavy atom. The van der Waals surface area contributed by atoms with Crippen LogP contribution in [0.2, 0.25) is 0 Å². The summed E-state index contributed by atoms with van der Waals surface area (Å²) in [4.78, 5) is 0. The molecule has 0 fully saturated rings. The summed E-state index contributed by atoms with van der Waals surface area (Å²) in [6.07, 6.45) is 4.43. The van der Waals surface area contributed by atoms with Crippen molar-refractivity contribution in [2.24, 2.45) is 0 Å². The smallest absolute Gasteiger partial charge is 0.413 e. The van der Waals surface area contributed by atoms with Gasteiger partial charge in [-0.05, 0) is 59.5 Å². The zero-order valence-corrected chi connectivity index (χ0v) is 16.0. The number of alkyl halides is 3. The highest BCUT2D eigenvalue weighted by atomic mass is 19.4. The number of benzene rings is 2. The molecule has 0 bridgehead atoms. The molecule has 148 valence electrons. The molecule has 0 aromatic heterocycles. The average Bonchev–Trinajstić information content (AvgIpc) is 3.13. The molecule has 5 heteroatoms. The molecule has 0 radical (unpaired) electrons. The third-order valence-corrected chi connectivity index (χ3v) is 4.65. The standard InChI is InChI=1S/C24H20F3NO/c1-2-3-4-5-6-21-12-18(13-23(21)24(25,26)27)16-29-22-10-9-19-11-17(15-28)7-8-20(19)14-22/h2-5,7-12,14H,6,13,16H2,1H3/b3-2-,5-4-. The molecular formula is C24H20F3NO. The summed E-state index contributed by atoms with van der Waals surface area (Å²) in [6.45, 7) is 1.95. The van der Waals surface area contributed by atoms with Crippen LogP contribution < -0.4 is 4.74 Å². The average molecular weight is 395 g/mol. The minimum Gasteiger partial charge on any atom is -0.489 e. The number of nitriles is 1. The van der Waals surface area contributed by atoms with Gasteiger partial charge >= 0.3 is 6.18 Å². The first-order valence-electron chi connectivity index (χ1n) is 9.24. The highest BCUT2D eigenvalue weighted by Crippen LogP contribution is 2.39. The maximum absolute atomic E-state index is 13.4. The molecule has 2 aromatic rings. The summed E-state index contributed by atoms with van der Waals surface area (Å²) in [5, 5.41) is 10.8. The Kier molecular flexibility index (Phi) is 6.23. The fraction of sp³-hybridized carbons (Fsp3) is 0.208. The van der Waals surface area contributed by atoms with Crippen molar-refractivity contribution in [2.75, 3.05) is 6.61 Å². The highest BCUT2D eigenvalue weighted by molar-refractivity contribution is 5.85. The Hall–Kier alpha value is -3.26. The minimum atomic E-state index is -4.34. The van der Waals surface area contributed by atoms with Gasteiger partial charge in [0.15, 0.2) is 0 Å². The first-order valence-corrected chi connectivity index (χ1v) is 9.24. The van der Waals surface area contributed by atoms with Gasteiger partial charge in [0.2, 0.25) is 0 Å². The lowest BCUT2D eigenvalue weighted by Gasteiger charge is -2.12. The Bertz CT molecular complexity index is 1070. The van der Waals surface area contributed by atoms with Gasteiger partial charge in [-0.3, -0.25) is 0 Å². The second-order valence-corrected chi connectivity index (χ2v) is 6.76. The third-order valence-electron chi connectivity index (χ3n) is 4.65. The summed E-state index contributed by atoms with van der Waals surface area (Å²) in [5.41, 5.74) is 0.971. The van der Waals surface area contributed by atoms with Gasteiger partial charge in [-0.25, -0.2) is 0 Å². The van der Waals surface area contributed by atoms with Gasteiger partial charge < -0.3 is 4.74 Å². The number of nitrogens with zero attached hydrogens (tertiary/aromatic N) is 1. The topological polar surface area (TPSA) is 33.0 Å². The van der Waals surface area contributed by atoms with E-state index < -0.39 is 11.7 Å². The molecule has 0 unspecified atom stereocenters. The van der Waals surface area contributed by atoms with E-state index in [4.69, 9.17) is 10.00 Å². The number of rotatable bonds is 6. The summed E-state index contributed by atoms with van der Waals surface area (Å²) < 4.78 is 45.8. The summed E-state index contributed by atoms with van der Waals surface area (Å²) >= 11 is 0. The van der Waals surface area contributed by atoms with Crippen molar-refractivity contribution in [1.82, 2.24) is 0 Å². The molecule has 0 atom stereocenters. The molecule has 3 rings (SSSR count). The number of halogens is 3. The second-order valence-electron chi connectivity index (χ2n) is 6.76. The first-order chi connectivity index (χ1) is 13.9. The van der Waals surface area contributed by atoms with Crippen molar-refractivity contribution in [1.29, 1.82) is 5.26 Å². The van der Waals surface area contributed by atoms with Crippen LogP contribution in [0.3, 0.4) is 0 Å². The summed E-state index contributed by atoms with van der Waals surface area (Å²) in [7, 11) is 0. The molecule has 29 heavy (non-hydrogen) atoms. The highest BCUT2D eigenvalue weighted by Gasteiger charge is 2.38. The van der Waals surface area contributed by atoms with Crippen LogP contribution in [0.25, 0.3) is 10.8 Å². The van der Waals surface area contributed by atoms with Crippen LogP contribution in [-0.4, -0.2) is 12.8 Å². The lowest BCUT2D eigenvalue weighted by Crippen LogP contribution is -2.13. The Morgan fingerprint density at radius 1 is 1.10 bits per heavy atom. The molecule has 0 N–H and O–H groups in total. The van der Waals surface area contributed by atoms with E-state index in [9.17, 15) is 13.2 Å². The lowest BCUT2D eigenvalue weighted by atomic mass is 10.1. The van der Waals surface area contributed by atoms with Gasteiger partial charge in [0.1, 0.15) is 12.4 Å². The third kappa shape index (κ3) is 5.17. The van der Waals surface area contributed by atoms with E-state index in [2.05, 4.69) is 6.07 Å². The molecule has 0 aliphatic heterocycles. The van der Waals surface area contributed by atoms with Crippen LogP contribution in [0.15, 0.2) is 83.5 Å². The Labute approximate surface area is 167 Å². The predicted molar refractivity (Wildman–Crippen MR) is 109 cm³/mol. The molecule has 0 spiro atoms. The Balaban J connectivity index is 1.70. The van der Waals surface area contributed by atoms with Crippen LogP contribution in [0.4, 0.5) is 13.2 Å². The number of allylic oxidation sites excluding steroid dienone is 7. The maximum Gasteiger partial charge on any atom is 0.413 e. The second kappa shape index (κ2) is 8.83. The van der Waals surface area contributed by atoms with Gasteiger partial charge in [0.25, 0.3) is 0 Å². The molecule has 0 heterocycles. The Morgan fingerprint density at radius 3 is 2.59 bits per heavy atom. The zero-order valence-electron chi connectivity index (χ0n) is 16.0. The van der Waals surface area contributed by atoms with Gasteiger partial charge in [-0.2, -0.15) is 18.4 Å². The number of fused-ring (bicyclic) bond motifs is 1. The van der Waals surface area contributed by atoms with E-state index in [1.54, 1.807) is 42.5 Å². The van der Waals surface area contributed by atoms with Gasteiger partial charge in [0, 0.05) is 12.0 Å². The van der Waals surface area contributed by atoms with E-state index >= 15 is 0 Å². The number of ether oxygens (including phenoxy) is 1. The van der Waals surface area contributed by atoms with Crippen LogP contribution >= 0.6 is 0 Å². The molecule has 2 nitrogen and oxygen atoms in total. The largest absolute Gasteiger partial charge is 0.489 e. The molecule has 0 saturated heterocycles. The fourth-order valence-electron chi connectivity index (χ4n) is 3.23. The molecule has 1 aliphatic rings. The molecule has 0 amide bonds. The van der Waals surface area contributed by atoms with E-state index in [1.807, 2.05) is 31.2 Å². The molecule has 1 aliphatic carbocycles. The predicted octanol–water partition coefficient (Wildman–Crippen LogP) is 6.80. The van der Waals surface area contributed by atoms with Crippen molar-refractivity contribution >= 4 is 10.8 Å². The van der Waals surface area contributed by atoms with E-state index in [-0.39, 0.29) is 19.4 Å². The molecule has 2 aromatic carbocycles. The van der Waals surface area contributed by atoms with Crippen molar-refractivity contribution in [2.45, 2.75) is 25.9 Å². The number of hydrogen-bond acceptors (Lipinski definition) is 2. The van der Waals surface area contributed by atoms with Gasteiger partial charge in [-0.15, -0.1) is 0 Å². The summed E-state index contributed by atoms with van der Waals surface area (Å²) in [5.74, 6) is 0.582. The van der Waals surface area contributed by atoms with Gasteiger partial charge in [0.05, 0.1) is 11.6 Å². The first kappa shape index (κ1) is 20.5. The minimum absolute atomic E-state index is 0.101. The number of hydrogen-bond donors (Lipinski definition) is 0. The summed E-state index contributed by atoms with van der Waals surface area (Å²) in [6, 6.07) is 12.9. The van der Waals surface area contributed by atoms with Crippen LogP contribution in [0.1, 0.15) is 25.3 Å². The van der Waals surface area contributed by atoms with E-state index in [0.717, 1.165) is 10.8 Å². The van der Waals surface area contributed by atoms with E-state index in [0.29, 0.717) is 22.5 Å². The van der Waals surface area contributed by atoms with Crippen LogP contribution in [0, 0.1) is 11.3 Å². The zero-order chi connectivity index (χ0) is 20.9. The SMILES string of the molecule is C/C=C\C=C/CC1=C(C(F)(F)F)CC(COc2ccc3cc(C#N)ccc3c2)=C1. The van der Waals surface area contributed by atoms with Crippen molar-refractivity contribution in [3.8, 4) is 11.8 Å². The van der Waals surface area contributed by atoms with Crippen LogP contribution in [-0.2, 0) is 0 Å². The molecular weight excluding hydrogens is 375 g/mol. The van der Waals surface area contributed by atoms with Crippen molar-refractivity contribution < 1.29 is 17.9 Å². The van der Waals surface area contributed by atoms with E-state index in [1.165, 1.54) is 0 Å². The van der Waals surface area contributed by atoms with Crippen molar-refractivity contribution in [3.05, 3.63) is 89.1 Å². The monoisotopic (exact) mass is 395 g/mol. The van der Waals surface area contributed by atoms with Crippen LogP contribution in [0.5, 0.6) is 5.75 Å². The normalized spacial score (nSPS) is 14.8. The molecule has 0 saturated carbocycles.